The lowest BCUT2D eigenvalue weighted by molar-refractivity contribution is -0.345. The largest absolute Gasteiger partial charge is 0.432 e. The maximum absolute atomic E-state index is 15.0. The molecule has 0 aromatic carbocycles. The molecule has 5 aliphatic carbocycles. The van der Waals surface area contributed by atoms with Gasteiger partial charge in [-0.05, 0) is 97.2 Å². The third-order valence-corrected chi connectivity index (χ3v) is 19.7. The van der Waals surface area contributed by atoms with E-state index in [1.165, 1.54) is 0 Å². The standard InChI is InChI=1S/C48H78O20/c1-20-9-12-48(43(62)68-42-38(61)35(58)32(55)26(66-42)18-63-40-36(59)33(56)30(53)24(16-49)64-40)14-13-46(5)22(29(48)21(20)2)7-8-28-44(3)15-23(52)39(45(4,19-51)27(44)10-11-47(28,46)6)67-41-37(60)34(57)31(54)25(17-50)65-41/h7,20-21,23-42,49-61H,8-19H2,1-6H3/t20-,21+,23-,24-,25-,26-,27+,28+,29+,30-,31-,32-,33+,34+,35+,36-,37-,38-,39+,40-,41+,42+,44+,45+,46-,47-,48+/m1/s1. The average Bonchev–Trinajstić information content (AvgIpc) is 3.30. The van der Waals surface area contributed by atoms with E-state index in [0.717, 1.165) is 18.4 Å². The Balaban J connectivity index is 1.04. The molecule has 8 aliphatic rings. The van der Waals surface area contributed by atoms with Crippen molar-refractivity contribution in [1.82, 2.24) is 0 Å². The quantitative estimate of drug-likeness (QED) is 0.0636. The van der Waals surface area contributed by atoms with Crippen molar-refractivity contribution < 1.29 is 99.6 Å². The summed E-state index contributed by atoms with van der Waals surface area (Å²) in [7, 11) is 0. The van der Waals surface area contributed by atoms with Crippen LogP contribution in [0.4, 0.5) is 0 Å². The van der Waals surface area contributed by atoms with Gasteiger partial charge in [0.2, 0.25) is 6.29 Å². The summed E-state index contributed by atoms with van der Waals surface area (Å²) in [5.41, 5.74) is -2.24. The molecule has 0 bridgehead atoms. The predicted molar refractivity (Wildman–Crippen MR) is 233 cm³/mol. The molecule has 13 N–H and O–H groups in total. The first kappa shape index (κ1) is 52.8. The Morgan fingerprint density at radius 2 is 1.22 bits per heavy atom. The Hall–Kier alpha value is -1.51. The van der Waals surface area contributed by atoms with Crippen LogP contribution in [0.5, 0.6) is 0 Å². The highest BCUT2D eigenvalue weighted by Crippen LogP contribution is 2.76. The number of hydrogen-bond acceptors (Lipinski definition) is 20. The minimum atomic E-state index is -1.84. The zero-order chi connectivity index (χ0) is 49.8. The molecule has 0 unspecified atom stereocenters. The van der Waals surface area contributed by atoms with Crippen LogP contribution in [0.25, 0.3) is 0 Å². The van der Waals surface area contributed by atoms with E-state index in [9.17, 15) is 66.4 Å². The molecule has 3 heterocycles. The Labute approximate surface area is 396 Å². The molecule has 390 valence electrons. The van der Waals surface area contributed by atoms with Crippen LogP contribution in [0.2, 0.25) is 0 Å². The Bertz CT molecular complexity index is 1840. The third kappa shape index (κ3) is 7.98. The number of rotatable bonds is 10. The zero-order valence-corrected chi connectivity index (χ0v) is 39.9. The first-order valence-corrected chi connectivity index (χ1v) is 24.7. The molecule has 0 radical (unpaired) electrons. The minimum absolute atomic E-state index is 0.00726. The van der Waals surface area contributed by atoms with Gasteiger partial charge >= 0.3 is 5.97 Å². The Kier molecular flexibility index (Phi) is 14.8. The second-order valence-corrected chi connectivity index (χ2v) is 22.9. The highest BCUT2D eigenvalue weighted by atomic mass is 16.7. The molecule has 68 heavy (non-hydrogen) atoms. The van der Waals surface area contributed by atoms with Crippen molar-refractivity contribution in [1.29, 1.82) is 0 Å². The van der Waals surface area contributed by atoms with Crippen molar-refractivity contribution in [2.45, 2.75) is 197 Å². The molecule has 8 rings (SSSR count). The monoisotopic (exact) mass is 975 g/mol. The number of aliphatic hydroxyl groups excluding tert-OH is 13. The number of carbonyl (C=O) groups is 1. The summed E-state index contributed by atoms with van der Waals surface area (Å²) in [6, 6.07) is 0. The fourth-order valence-electron chi connectivity index (χ4n) is 15.3. The molecule has 4 saturated carbocycles. The molecular formula is C48H78O20. The minimum Gasteiger partial charge on any atom is -0.432 e. The third-order valence-electron chi connectivity index (χ3n) is 19.7. The Morgan fingerprint density at radius 1 is 0.662 bits per heavy atom. The topological polar surface area (TPSA) is 335 Å². The lowest BCUT2D eigenvalue weighted by atomic mass is 9.33. The van der Waals surface area contributed by atoms with Crippen LogP contribution < -0.4 is 0 Å². The van der Waals surface area contributed by atoms with Crippen LogP contribution in [0.1, 0.15) is 92.9 Å². The highest BCUT2D eigenvalue weighted by Gasteiger charge is 2.72. The number of aliphatic hydroxyl groups is 13. The van der Waals surface area contributed by atoms with E-state index in [1.807, 2.05) is 6.92 Å². The molecule has 20 nitrogen and oxygen atoms in total. The number of esters is 1. The maximum atomic E-state index is 15.0. The van der Waals surface area contributed by atoms with E-state index >= 15 is 4.79 Å². The number of allylic oxidation sites excluding steroid dienone is 2. The first-order chi connectivity index (χ1) is 31.9. The second kappa shape index (κ2) is 19.1. The summed E-state index contributed by atoms with van der Waals surface area (Å²) in [6.45, 7) is 10.7. The van der Waals surface area contributed by atoms with Gasteiger partial charge in [0.05, 0.1) is 44.1 Å². The van der Waals surface area contributed by atoms with E-state index in [1.54, 1.807) is 0 Å². The number of fused-ring (bicyclic) bond motifs is 7. The van der Waals surface area contributed by atoms with Crippen LogP contribution in [0.15, 0.2) is 11.6 Å². The van der Waals surface area contributed by atoms with Crippen molar-refractivity contribution in [2.75, 3.05) is 26.4 Å². The normalized spacial score (nSPS) is 56.0. The van der Waals surface area contributed by atoms with E-state index in [0.29, 0.717) is 38.5 Å². The Morgan fingerprint density at radius 3 is 1.82 bits per heavy atom. The summed E-state index contributed by atoms with van der Waals surface area (Å²) in [6.07, 6.45) is -19.5. The van der Waals surface area contributed by atoms with Gasteiger partial charge in [-0.2, -0.15) is 0 Å². The molecule has 3 aliphatic heterocycles. The molecule has 0 amide bonds. The maximum Gasteiger partial charge on any atom is 0.315 e. The molecule has 3 saturated heterocycles. The van der Waals surface area contributed by atoms with Crippen LogP contribution in [0, 0.1) is 56.7 Å². The first-order valence-electron chi connectivity index (χ1n) is 24.7. The van der Waals surface area contributed by atoms with Gasteiger partial charge in [0, 0.05) is 5.41 Å². The van der Waals surface area contributed by atoms with Gasteiger partial charge in [-0.25, -0.2) is 0 Å². The second-order valence-electron chi connectivity index (χ2n) is 22.9. The van der Waals surface area contributed by atoms with Crippen LogP contribution >= 0.6 is 0 Å². The van der Waals surface area contributed by atoms with Gasteiger partial charge < -0.3 is 94.8 Å². The van der Waals surface area contributed by atoms with Crippen LogP contribution in [-0.2, 0) is 33.2 Å². The molecule has 27 atom stereocenters. The van der Waals surface area contributed by atoms with Crippen molar-refractivity contribution in [3.05, 3.63) is 11.6 Å². The van der Waals surface area contributed by atoms with Crippen molar-refractivity contribution >= 4 is 5.97 Å². The van der Waals surface area contributed by atoms with E-state index in [-0.39, 0.29) is 41.6 Å². The van der Waals surface area contributed by atoms with Gasteiger partial charge in [-0.1, -0.05) is 53.2 Å². The summed E-state index contributed by atoms with van der Waals surface area (Å²) in [4.78, 5) is 15.0. The van der Waals surface area contributed by atoms with Gasteiger partial charge in [0.1, 0.15) is 73.2 Å². The average molecular weight is 975 g/mol. The van der Waals surface area contributed by atoms with Crippen LogP contribution in [-0.4, -0.2) is 203 Å². The van der Waals surface area contributed by atoms with E-state index in [4.69, 9.17) is 28.4 Å². The van der Waals surface area contributed by atoms with E-state index < -0.39 is 152 Å². The predicted octanol–water partition coefficient (Wildman–Crippen LogP) is -2.06. The smallest absolute Gasteiger partial charge is 0.315 e. The molecule has 7 fully saturated rings. The molecule has 0 aromatic heterocycles. The number of carbonyl (C=O) groups excluding carboxylic acids is 1. The lowest BCUT2D eigenvalue weighted by Gasteiger charge is -2.72. The van der Waals surface area contributed by atoms with Crippen molar-refractivity contribution in [3.8, 4) is 0 Å². The number of hydrogen-bond donors (Lipinski definition) is 13. The summed E-state index contributed by atoms with van der Waals surface area (Å²) >= 11 is 0. The van der Waals surface area contributed by atoms with Crippen molar-refractivity contribution in [3.63, 3.8) is 0 Å². The van der Waals surface area contributed by atoms with Crippen molar-refractivity contribution in [2.24, 2.45) is 56.7 Å². The summed E-state index contributed by atoms with van der Waals surface area (Å²) < 4.78 is 35.1. The summed E-state index contributed by atoms with van der Waals surface area (Å²) in [5, 5.41) is 139. The summed E-state index contributed by atoms with van der Waals surface area (Å²) in [5.74, 6) is -0.796. The fourth-order valence-corrected chi connectivity index (χ4v) is 15.3. The SMILES string of the molecule is C[C@H]1[C@H](C)CC[C@]2(C(=O)O[C@@H]3O[C@H](CO[C@@H]4O[C@H](CO)[C@@H](O)[C@H](O)[C@H]4O)[C@@H](O)[C@H](O)[C@H]3O)CC[C@]3(C)C(=CC[C@H]4[C@@]5(C)C[C@@H](O)[C@H](O[C@@H]6O[C@H](CO)[C@@H](O)[C@H](O)[C@H]6O)[C@@](C)(CO)[C@H]5CC[C@]43C)[C@H]12. The molecular weight excluding hydrogens is 897 g/mol. The van der Waals surface area contributed by atoms with Gasteiger partial charge in [-0.3, -0.25) is 4.79 Å². The van der Waals surface area contributed by atoms with E-state index in [2.05, 4.69) is 40.7 Å². The van der Waals surface area contributed by atoms with Gasteiger partial charge in [0.15, 0.2) is 12.6 Å². The lowest BCUT2D eigenvalue weighted by Crippen LogP contribution is -2.69. The highest BCUT2D eigenvalue weighted by molar-refractivity contribution is 5.79. The fraction of sp³-hybridized carbons (Fsp3) is 0.938. The van der Waals surface area contributed by atoms with Crippen LogP contribution in [0.3, 0.4) is 0 Å². The van der Waals surface area contributed by atoms with Gasteiger partial charge in [0.25, 0.3) is 0 Å². The van der Waals surface area contributed by atoms with Gasteiger partial charge in [-0.15, -0.1) is 0 Å². The molecule has 0 spiro atoms. The molecule has 20 heteroatoms. The molecule has 0 aromatic rings. The zero-order valence-electron chi connectivity index (χ0n) is 39.9. The number of ether oxygens (including phenoxy) is 6.